The number of nitrogens with zero attached hydrogens (tertiary/aromatic N) is 1. The molecule has 0 radical (unpaired) electrons. The first-order chi connectivity index (χ1) is 6.76. The van der Waals surface area contributed by atoms with Gasteiger partial charge in [-0.2, -0.15) is 17.0 Å². The lowest BCUT2D eigenvalue weighted by molar-refractivity contribution is 0.464. The van der Waals surface area contributed by atoms with Gasteiger partial charge in [-0.1, -0.05) is 13.3 Å². The molecule has 2 atom stereocenters. The molecule has 14 heavy (non-hydrogen) atoms. The molecule has 0 amide bonds. The zero-order valence-electron chi connectivity index (χ0n) is 9.18. The van der Waals surface area contributed by atoms with Crippen LogP contribution < -0.4 is 5.32 Å². The first-order valence-electron chi connectivity index (χ1n) is 5.48. The van der Waals surface area contributed by atoms with Gasteiger partial charge in [-0.25, -0.2) is 0 Å². The predicted octanol–water partition coefficient (Wildman–Crippen LogP) is 2.55. The van der Waals surface area contributed by atoms with Crippen LogP contribution in [0.2, 0.25) is 0 Å². The van der Waals surface area contributed by atoms with Gasteiger partial charge in [-0.05, 0) is 38.5 Å². The maximum Gasteiger partial charge on any atom is 0.107 e. The fourth-order valence-electron chi connectivity index (χ4n) is 1.92. The minimum atomic E-state index is -0.218. The SMILES string of the molecule is CCCCSC1CCC(C#N)(NC)C1. The summed E-state index contributed by atoms with van der Waals surface area (Å²) in [6, 6.07) is 2.42. The Morgan fingerprint density at radius 1 is 1.64 bits per heavy atom. The smallest absolute Gasteiger partial charge is 0.107 e. The lowest BCUT2D eigenvalue weighted by Crippen LogP contribution is -2.38. The Kier molecular flexibility index (Phi) is 4.77. The first-order valence-corrected chi connectivity index (χ1v) is 6.53. The number of hydrogen-bond donors (Lipinski definition) is 1. The summed E-state index contributed by atoms with van der Waals surface area (Å²) in [6.45, 7) is 2.22. The van der Waals surface area contributed by atoms with Crippen LogP contribution in [-0.2, 0) is 0 Å². The van der Waals surface area contributed by atoms with E-state index < -0.39 is 0 Å². The summed E-state index contributed by atoms with van der Waals surface area (Å²) in [5.41, 5.74) is -0.218. The van der Waals surface area contributed by atoms with E-state index in [1.165, 1.54) is 25.0 Å². The minimum Gasteiger partial charge on any atom is -0.302 e. The largest absolute Gasteiger partial charge is 0.302 e. The van der Waals surface area contributed by atoms with E-state index in [0.29, 0.717) is 5.25 Å². The van der Waals surface area contributed by atoms with Gasteiger partial charge in [0.25, 0.3) is 0 Å². The van der Waals surface area contributed by atoms with Gasteiger partial charge in [0.1, 0.15) is 5.54 Å². The molecule has 0 aromatic rings. The van der Waals surface area contributed by atoms with E-state index in [1.54, 1.807) is 0 Å². The van der Waals surface area contributed by atoms with E-state index in [9.17, 15) is 0 Å². The van der Waals surface area contributed by atoms with E-state index in [-0.39, 0.29) is 5.54 Å². The van der Waals surface area contributed by atoms with Crippen LogP contribution in [-0.4, -0.2) is 23.6 Å². The normalized spacial score (nSPS) is 31.6. The number of rotatable bonds is 5. The summed E-state index contributed by atoms with van der Waals surface area (Å²) in [4.78, 5) is 0. The molecule has 0 heterocycles. The van der Waals surface area contributed by atoms with Gasteiger partial charge in [0.05, 0.1) is 6.07 Å². The fourth-order valence-corrected chi connectivity index (χ4v) is 3.40. The third-order valence-corrected chi connectivity index (χ3v) is 4.41. The van der Waals surface area contributed by atoms with Crippen molar-refractivity contribution < 1.29 is 0 Å². The highest BCUT2D eigenvalue weighted by molar-refractivity contribution is 7.99. The van der Waals surface area contributed by atoms with Crippen LogP contribution >= 0.6 is 11.8 Å². The van der Waals surface area contributed by atoms with E-state index in [0.717, 1.165) is 12.8 Å². The zero-order valence-corrected chi connectivity index (χ0v) is 9.99. The number of nitriles is 1. The van der Waals surface area contributed by atoms with Gasteiger partial charge in [-0.3, -0.25) is 0 Å². The number of hydrogen-bond acceptors (Lipinski definition) is 3. The van der Waals surface area contributed by atoms with Crippen molar-refractivity contribution in [2.75, 3.05) is 12.8 Å². The molecular formula is C11H20N2S. The Morgan fingerprint density at radius 2 is 2.43 bits per heavy atom. The van der Waals surface area contributed by atoms with E-state index in [2.05, 4.69) is 30.1 Å². The van der Waals surface area contributed by atoms with Crippen LogP contribution in [0.4, 0.5) is 0 Å². The Morgan fingerprint density at radius 3 is 2.93 bits per heavy atom. The van der Waals surface area contributed by atoms with Crippen molar-refractivity contribution >= 4 is 11.8 Å². The van der Waals surface area contributed by atoms with Gasteiger partial charge in [-0.15, -0.1) is 0 Å². The van der Waals surface area contributed by atoms with Crippen molar-refractivity contribution in [2.24, 2.45) is 0 Å². The van der Waals surface area contributed by atoms with Crippen molar-refractivity contribution in [3.63, 3.8) is 0 Å². The molecule has 2 nitrogen and oxygen atoms in total. The summed E-state index contributed by atoms with van der Waals surface area (Å²) >= 11 is 2.05. The van der Waals surface area contributed by atoms with Crippen molar-refractivity contribution in [1.82, 2.24) is 5.32 Å². The summed E-state index contributed by atoms with van der Waals surface area (Å²) in [6.07, 6.45) is 5.82. The molecule has 0 saturated heterocycles. The quantitative estimate of drug-likeness (QED) is 0.711. The van der Waals surface area contributed by atoms with Gasteiger partial charge < -0.3 is 5.32 Å². The highest BCUT2D eigenvalue weighted by Crippen LogP contribution is 2.36. The third-order valence-electron chi connectivity index (χ3n) is 3.01. The molecule has 80 valence electrons. The molecule has 1 fully saturated rings. The minimum absolute atomic E-state index is 0.218. The summed E-state index contributed by atoms with van der Waals surface area (Å²) in [5.74, 6) is 1.26. The second-order valence-electron chi connectivity index (χ2n) is 4.03. The average molecular weight is 212 g/mol. The average Bonchev–Trinajstić information content (AvgIpc) is 2.63. The van der Waals surface area contributed by atoms with Crippen molar-refractivity contribution in [3.05, 3.63) is 0 Å². The van der Waals surface area contributed by atoms with E-state index in [4.69, 9.17) is 5.26 Å². The molecule has 0 aliphatic heterocycles. The standard InChI is InChI=1S/C11H20N2S/c1-3-4-7-14-10-5-6-11(8-10,9-12)13-2/h10,13H,3-8H2,1-2H3. The molecule has 1 aliphatic carbocycles. The highest BCUT2D eigenvalue weighted by Gasteiger charge is 2.37. The van der Waals surface area contributed by atoms with Crippen molar-refractivity contribution in [3.8, 4) is 6.07 Å². The highest BCUT2D eigenvalue weighted by atomic mass is 32.2. The van der Waals surface area contributed by atoms with Gasteiger partial charge in [0, 0.05) is 5.25 Å². The van der Waals surface area contributed by atoms with Gasteiger partial charge in [0.2, 0.25) is 0 Å². The maximum absolute atomic E-state index is 9.08. The van der Waals surface area contributed by atoms with Gasteiger partial charge in [0.15, 0.2) is 0 Å². The Hall–Kier alpha value is -0.200. The van der Waals surface area contributed by atoms with Crippen LogP contribution in [0.15, 0.2) is 0 Å². The molecule has 1 aliphatic rings. The zero-order chi connectivity index (χ0) is 10.4. The molecule has 1 saturated carbocycles. The molecule has 2 unspecified atom stereocenters. The lowest BCUT2D eigenvalue weighted by Gasteiger charge is -2.19. The fraction of sp³-hybridized carbons (Fsp3) is 0.909. The second-order valence-corrected chi connectivity index (χ2v) is 5.44. The van der Waals surface area contributed by atoms with E-state index >= 15 is 0 Å². The number of thioether (sulfide) groups is 1. The number of unbranched alkanes of at least 4 members (excludes halogenated alkanes) is 1. The molecule has 1 rings (SSSR count). The molecule has 3 heteroatoms. The predicted molar refractivity (Wildman–Crippen MR) is 62.4 cm³/mol. The van der Waals surface area contributed by atoms with Crippen LogP contribution in [0.5, 0.6) is 0 Å². The Labute approximate surface area is 91.4 Å². The lowest BCUT2D eigenvalue weighted by atomic mass is 10.0. The summed E-state index contributed by atoms with van der Waals surface area (Å²) in [7, 11) is 1.91. The van der Waals surface area contributed by atoms with Crippen molar-refractivity contribution in [2.45, 2.75) is 49.8 Å². The molecular weight excluding hydrogens is 192 g/mol. The molecule has 0 spiro atoms. The van der Waals surface area contributed by atoms with Crippen LogP contribution in [0.3, 0.4) is 0 Å². The topological polar surface area (TPSA) is 35.8 Å². The third kappa shape index (κ3) is 2.90. The molecule has 1 N–H and O–H groups in total. The number of nitrogens with one attached hydrogen (secondary N) is 1. The summed E-state index contributed by atoms with van der Waals surface area (Å²) in [5, 5.41) is 13.0. The Bertz CT molecular complexity index is 212. The van der Waals surface area contributed by atoms with Crippen LogP contribution in [0.25, 0.3) is 0 Å². The second kappa shape index (κ2) is 5.63. The first kappa shape index (κ1) is 11.9. The van der Waals surface area contributed by atoms with Crippen LogP contribution in [0.1, 0.15) is 39.0 Å². The maximum atomic E-state index is 9.08. The van der Waals surface area contributed by atoms with Crippen molar-refractivity contribution in [1.29, 1.82) is 5.26 Å². The van der Waals surface area contributed by atoms with E-state index in [1.807, 2.05) is 7.05 Å². The summed E-state index contributed by atoms with van der Waals surface area (Å²) < 4.78 is 0. The Balaban J connectivity index is 2.30. The molecule has 0 bridgehead atoms. The molecule has 0 aromatic carbocycles. The monoisotopic (exact) mass is 212 g/mol. The molecule has 0 aromatic heterocycles. The van der Waals surface area contributed by atoms with Gasteiger partial charge >= 0.3 is 0 Å². The van der Waals surface area contributed by atoms with Crippen LogP contribution in [0, 0.1) is 11.3 Å².